The number of fused-ring (bicyclic) bond motifs is 1. The molecular formula is C15H14N4O4S2. The maximum absolute atomic E-state index is 12.3. The summed E-state index contributed by atoms with van der Waals surface area (Å²) in [6.45, 7) is -0.0385. The molecule has 1 amide bonds. The molecular weight excluding hydrogens is 364 g/mol. The van der Waals surface area contributed by atoms with E-state index >= 15 is 0 Å². The lowest BCUT2D eigenvalue weighted by Crippen LogP contribution is -2.27. The summed E-state index contributed by atoms with van der Waals surface area (Å²) in [6, 6.07) is 7.27. The Bertz CT molecular complexity index is 1060. The lowest BCUT2D eigenvalue weighted by molar-refractivity contribution is -0.116. The topological polar surface area (TPSA) is 121 Å². The number of sulfonamides is 1. The Labute approximate surface area is 147 Å². The highest BCUT2D eigenvalue weighted by Gasteiger charge is 2.15. The van der Waals surface area contributed by atoms with Crippen LogP contribution in [0.25, 0.3) is 10.9 Å². The van der Waals surface area contributed by atoms with Crippen LogP contribution in [0.5, 0.6) is 0 Å². The van der Waals surface area contributed by atoms with Crippen LogP contribution in [-0.2, 0) is 14.8 Å². The van der Waals surface area contributed by atoms with Crippen LogP contribution in [0.4, 0.5) is 5.13 Å². The number of aromatic amines is 1. The lowest BCUT2D eigenvalue weighted by Gasteiger charge is -2.07. The van der Waals surface area contributed by atoms with Crippen LogP contribution in [-0.4, -0.2) is 30.8 Å². The summed E-state index contributed by atoms with van der Waals surface area (Å²) in [5.41, 5.74) is 0.293. The summed E-state index contributed by atoms with van der Waals surface area (Å²) in [6.07, 6.45) is 1.55. The van der Waals surface area contributed by atoms with E-state index in [1.165, 1.54) is 35.6 Å². The molecule has 1 aromatic carbocycles. The van der Waals surface area contributed by atoms with E-state index in [2.05, 4.69) is 20.0 Å². The van der Waals surface area contributed by atoms with Crippen molar-refractivity contribution >= 4 is 43.3 Å². The first-order valence-corrected chi connectivity index (χ1v) is 9.62. The molecule has 0 fully saturated rings. The predicted molar refractivity (Wildman–Crippen MR) is 95.1 cm³/mol. The fourth-order valence-electron chi connectivity index (χ4n) is 2.15. The van der Waals surface area contributed by atoms with Crippen molar-refractivity contribution in [3.8, 4) is 0 Å². The van der Waals surface area contributed by atoms with Crippen molar-refractivity contribution in [2.24, 2.45) is 0 Å². The first-order valence-electron chi connectivity index (χ1n) is 7.26. The van der Waals surface area contributed by atoms with Crippen molar-refractivity contribution in [3.63, 3.8) is 0 Å². The molecule has 2 aromatic heterocycles. The molecule has 3 N–H and O–H groups in total. The molecule has 0 aliphatic carbocycles. The highest BCUT2D eigenvalue weighted by Crippen LogP contribution is 2.16. The molecule has 0 aliphatic heterocycles. The van der Waals surface area contributed by atoms with Gasteiger partial charge in [0, 0.05) is 36.1 Å². The molecule has 0 aliphatic rings. The van der Waals surface area contributed by atoms with Crippen molar-refractivity contribution in [3.05, 3.63) is 52.3 Å². The molecule has 0 radical (unpaired) electrons. The van der Waals surface area contributed by atoms with Crippen molar-refractivity contribution in [1.82, 2.24) is 14.7 Å². The normalized spacial score (nSPS) is 11.5. The monoisotopic (exact) mass is 378 g/mol. The van der Waals surface area contributed by atoms with E-state index in [1.54, 1.807) is 17.6 Å². The van der Waals surface area contributed by atoms with Crippen LogP contribution >= 0.6 is 11.3 Å². The van der Waals surface area contributed by atoms with Gasteiger partial charge in [0.05, 0.1) is 4.90 Å². The number of benzene rings is 1. The Hall–Kier alpha value is -2.56. The zero-order valence-corrected chi connectivity index (χ0v) is 14.5. The van der Waals surface area contributed by atoms with Crippen LogP contribution in [0, 0.1) is 0 Å². The average molecular weight is 378 g/mol. The third-order valence-corrected chi connectivity index (χ3v) is 5.48. The van der Waals surface area contributed by atoms with Gasteiger partial charge in [-0.1, -0.05) is 0 Å². The fourth-order valence-corrected chi connectivity index (χ4v) is 3.76. The summed E-state index contributed by atoms with van der Waals surface area (Å²) in [5, 5.41) is 5.37. The van der Waals surface area contributed by atoms with E-state index in [4.69, 9.17) is 0 Å². The Morgan fingerprint density at radius 3 is 2.84 bits per heavy atom. The van der Waals surface area contributed by atoms with Crippen LogP contribution in [0.15, 0.2) is 51.6 Å². The number of anilines is 1. The van der Waals surface area contributed by atoms with Crippen molar-refractivity contribution in [2.45, 2.75) is 11.3 Å². The number of rotatable bonds is 6. The SMILES string of the molecule is O=C(CCNS(=O)(=O)c1ccc2[nH]c(=O)ccc2c1)Nc1nccs1. The Kier molecular flexibility index (Phi) is 4.93. The fraction of sp³-hybridized carbons (Fsp3) is 0.133. The number of pyridine rings is 1. The maximum Gasteiger partial charge on any atom is 0.248 e. The zero-order valence-electron chi connectivity index (χ0n) is 12.9. The van der Waals surface area contributed by atoms with Crippen LogP contribution < -0.4 is 15.6 Å². The maximum atomic E-state index is 12.3. The van der Waals surface area contributed by atoms with Gasteiger partial charge < -0.3 is 10.3 Å². The van der Waals surface area contributed by atoms with E-state index in [-0.39, 0.29) is 29.3 Å². The Balaban J connectivity index is 1.64. The number of amides is 1. The van der Waals surface area contributed by atoms with E-state index in [1.807, 2.05) is 0 Å². The Morgan fingerprint density at radius 1 is 1.24 bits per heavy atom. The van der Waals surface area contributed by atoms with E-state index < -0.39 is 10.0 Å². The zero-order chi connectivity index (χ0) is 17.9. The number of carbonyl (C=O) groups excluding carboxylic acids is 1. The summed E-state index contributed by atoms with van der Waals surface area (Å²) in [4.78, 5) is 29.6. The van der Waals surface area contributed by atoms with Gasteiger partial charge in [0.1, 0.15) is 0 Å². The number of nitrogens with zero attached hydrogens (tertiary/aromatic N) is 1. The van der Waals surface area contributed by atoms with E-state index in [0.717, 1.165) is 0 Å². The minimum absolute atomic E-state index is 0.0142. The molecule has 8 nitrogen and oxygen atoms in total. The predicted octanol–water partition coefficient (Wildman–Crippen LogP) is 1.29. The van der Waals surface area contributed by atoms with Gasteiger partial charge in [-0.2, -0.15) is 0 Å². The van der Waals surface area contributed by atoms with Gasteiger partial charge >= 0.3 is 0 Å². The standard InChI is InChI=1S/C15H14N4O4S2/c20-13-4-1-10-9-11(2-3-12(10)18-13)25(22,23)17-6-5-14(21)19-15-16-7-8-24-15/h1-4,7-9,17H,5-6H2,(H,18,20)(H,16,19,21). The first kappa shape index (κ1) is 17.3. The van der Waals surface area contributed by atoms with Crippen molar-refractivity contribution in [1.29, 1.82) is 0 Å². The second kappa shape index (κ2) is 7.13. The summed E-state index contributed by atoms with van der Waals surface area (Å²) in [7, 11) is -3.75. The van der Waals surface area contributed by atoms with E-state index in [9.17, 15) is 18.0 Å². The average Bonchev–Trinajstić information content (AvgIpc) is 3.07. The smallest absolute Gasteiger partial charge is 0.248 e. The lowest BCUT2D eigenvalue weighted by atomic mass is 10.2. The highest BCUT2D eigenvalue weighted by molar-refractivity contribution is 7.89. The summed E-state index contributed by atoms with van der Waals surface area (Å²) in [5.74, 6) is -0.325. The molecule has 130 valence electrons. The number of thiazole rings is 1. The number of H-pyrrole nitrogens is 1. The number of hydrogen-bond acceptors (Lipinski definition) is 6. The van der Waals surface area contributed by atoms with Crippen LogP contribution in [0.2, 0.25) is 0 Å². The van der Waals surface area contributed by atoms with Gasteiger partial charge in [0.2, 0.25) is 21.5 Å². The number of nitrogens with one attached hydrogen (secondary N) is 3. The molecule has 0 saturated heterocycles. The molecule has 2 heterocycles. The minimum Gasteiger partial charge on any atom is -0.322 e. The minimum atomic E-state index is -3.75. The number of hydrogen-bond donors (Lipinski definition) is 3. The molecule has 0 atom stereocenters. The number of aromatic nitrogens is 2. The first-order chi connectivity index (χ1) is 11.9. The molecule has 0 unspecified atom stereocenters. The molecule has 3 rings (SSSR count). The number of carbonyl (C=O) groups is 1. The second-order valence-electron chi connectivity index (χ2n) is 5.10. The third kappa shape index (κ3) is 4.29. The molecule has 25 heavy (non-hydrogen) atoms. The van der Waals surface area contributed by atoms with Crippen molar-refractivity contribution < 1.29 is 13.2 Å². The van der Waals surface area contributed by atoms with Crippen LogP contribution in [0.3, 0.4) is 0 Å². The molecule has 10 heteroatoms. The molecule has 3 aromatic rings. The molecule has 0 saturated carbocycles. The Morgan fingerprint density at radius 2 is 2.08 bits per heavy atom. The van der Waals surface area contributed by atoms with Gasteiger partial charge in [-0.3, -0.25) is 9.59 Å². The second-order valence-corrected chi connectivity index (χ2v) is 7.77. The van der Waals surface area contributed by atoms with Gasteiger partial charge in [-0.25, -0.2) is 18.1 Å². The van der Waals surface area contributed by atoms with Crippen molar-refractivity contribution in [2.75, 3.05) is 11.9 Å². The third-order valence-electron chi connectivity index (χ3n) is 3.33. The van der Waals surface area contributed by atoms with Gasteiger partial charge in [0.15, 0.2) is 5.13 Å². The highest BCUT2D eigenvalue weighted by atomic mass is 32.2. The van der Waals surface area contributed by atoms with Gasteiger partial charge in [0.25, 0.3) is 0 Å². The van der Waals surface area contributed by atoms with Gasteiger partial charge in [-0.15, -0.1) is 11.3 Å². The van der Waals surface area contributed by atoms with Crippen LogP contribution in [0.1, 0.15) is 6.42 Å². The molecule has 0 bridgehead atoms. The van der Waals surface area contributed by atoms with E-state index in [0.29, 0.717) is 16.0 Å². The summed E-state index contributed by atoms with van der Waals surface area (Å²) >= 11 is 1.28. The summed E-state index contributed by atoms with van der Waals surface area (Å²) < 4.78 is 27.0. The quantitative estimate of drug-likeness (QED) is 0.597. The largest absolute Gasteiger partial charge is 0.322 e. The molecule has 0 spiro atoms. The van der Waals surface area contributed by atoms with Gasteiger partial charge in [-0.05, 0) is 29.7 Å².